The zero-order valence-corrected chi connectivity index (χ0v) is 10.6. The Morgan fingerprint density at radius 1 is 1.53 bits per heavy atom. The Hall–Kier alpha value is -1.36. The van der Waals surface area contributed by atoms with Crippen molar-refractivity contribution in [2.45, 2.75) is 6.04 Å². The summed E-state index contributed by atoms with van der Waals surface area (Å²) in [4.78, 5) is 13.5. The van der Waals surface area contributed by atoms with Crippen LogP contribution in [0.15, 0.2) is 24.3 Å². The summed E-state index contributed by atoms with van der Waals surface area (Å²) in [7, 11) is 1.64. The van der Waals surface area contributed by atoms with Gasteiger partial charge < -0.3 is 15.0 Å². The van der Waals surface area contributed by atoms with Crippen molar-refractivity contribution in [1.29, 1.82) is 0 Å². The van der Waals surface area contributed by atoms with Crippen LogP contribution < -0.4 is 10.1 Å². The van der Waals surface area contributed by atoms with E-state index in [1.807, 2.05) is 24.3 Å². The molecule has 1 unspecified atom stereocenters. The molecule has 92 valence electrons. The molecule has 17 heavy (non-hydrogen) atoms. The SMILES string of the molecule is COc1ccccc1C1CN(CCS)C(=O)N1. The fourth-order valence-corrected chi connectivity index (χ4v) is 2.27. The highest BCUT2D eigenvalue weighted by atomic mass is 32.1. The maximum atomic E-state index is 11.7. The van der Waals surface area contributed by atoms with Crippen LogP contribution in [-0.4, -0.2) is 36.9 Å². The van der Waals surface area contributed by atoms with Crippen molar-refractivity contribution < 1.29 is 9.53 Å². The summed E-state index contributed by atoms with van der Waals surface area (Å²) in [5.74, 6) is 1.48. The Labute approximate surface area is 106 Å². The van der Waals surface area contributed by atoms with Crippen molar-refractivity contribution in [3.05, 3.63) is 29.8 Å². The number of thiol groups is 1. The number of urea groups is 1. The van der Waals surface area contributed by atoms with E-state index in [1.165, 1.54) is 0 Å². The maximum absolute atomic E-state index is 11.7. The van der Waals surface area contributed by atoms with Crippen molar-refractivity contribution in [2.24, 2.45) is 0 Å². The van der Waals surface area contributed by atoms with E-state index in [2.05, 4.69) is 17.9 Å². The number of benzene rings is 1. The van der Waals surface area contributed by atoms with E-state index in [0.29, 0.717) is 18.8 Å². The fourth-order valence-electron chi connectivity index (χ4n) is 2.03. The van der Waals surface area contributed by atoms with Gasteiger partial charge >= 0.3 is 6.03 Å². The van der Waals surface area contributed by atoms with Crippen LogP contribution in [0.4, 0.5) is 4.79 Å². The van der Waals surface area contributed by atoms with Crippen molar-refractivity contribution in [3.63, 3.8) is 0 Å². The summed E-state index contributed by atoms with van der Waals surface area (Å²) < 4.78 is 5.30. The molecule has 1 aromatic carbocycles. The number of carbonyl (C=O) groups excluding carboxylic acids is 1. The molecule has 0 aromatic heterocycles. The summed E-state index contributed by atoms with van der Waals surface area (Å²) in [6.45, 7) is 1.33. The third kappa shape index (κ3) is 2.49. The minimum atomic E-state index is -0.0324. The number of hydrogen-bond donors (Lipinski definition) is 2. The number of hydrogen-bond acceptors (Lipinski definition) is 3. The third-order valence-corrected chi connectivity index (χ3v) is 3.07. The molecular formula is C12H16N2O2S. The van der Waals surface area contributed by atoms with Crippen LogP contribution in [0, 0.1) is 0 Å². The number of nitrogens with one attached hydrogen (secondary N) is 1. The molecule has 1 aliphatic rings. The second kappa shape index (κ2) is 5.31. The van der Waals surface area contributed by atoms with Crippen molar-refractivity contribution in [3.8, 4) is 5.75 Å². The molecule has 2 rings (SSSR count). The Morgan fingerprint density at radius 2 is 2.29 bits per heavy atom. The van der Waals surface area contributed by atoms with Crippen LogP contribution in [0.5, 0.6) is 5.75 Å². The van der Waals surface area contributed by atoms with E-state index in [0.717, 1.165) is 11.3 Å². The lowest BCUT2D eigenvalue weighted by Crippen LogP contribution is -2.29. The molecule has 2 amide bonds. The van der Waals surface area contributed by atoms with Crippen LogP contribution in [0.1, 0.15) is 11.6 Å². The predicted octanol–water partition coefficient (Wildman–Crippen LogP) is 1.69. The highest BCUT2D eigenvalue weighted by molar-refractivity contribution is 7.80. The van der Waals surface area contributed by atoms with Gasteiger partial charge in [0.1, 0.15) is 5.75 Å². The zero-order chi connectivity index (χ0) is 12.3. The molecule has 1 heterocycles. The second-order valence-corrected chi connectivity index (χ2v) is 4.36. The molecule has 0 spiro atoms. The lowest BCUT2D eigenvalue weighted by molar-refractivity contribution is 0.220. The highest BCUT2D eigenvalue weighted by Crippen LogP contribution is 2.28. The van der Waals surface area contributed by atoms with Gasteiger partial charge in [0.15, 0.2) is 0 Å². The largest absolute Gasteiger partial charge is 0.496 e. The number of para-hydroxylation sites is 1. The first-order valence-corrected chi connectivity index (χ1v) is 6.18. The molecule has 1 fully saturated rings. The van der Waals surface area contributed by atoms with Crippen molar-refractivity contribution in [1.82, 2.24) is 10.2 Å². The van der Waals surface area contributed by atoms with E-state index in [1.54, 1.807) is 12.0 Å². The zero-order valence-electron chi connectivity index (χ0n) is 9.72. The maximum Gasteiger partial charge on any atom is 0.318 e. The van der Waals surface area contributed by atoms with Gasteiger partial charge in [0.25, 0.3) is 0 Å². The number of rotatable bonds is 4. The fraction of sp³-hybridized carbons (Fsp3) is 0.417. The Balaban J connectivity index is 2.16. The highest BCUT2D eigenvalue weighted by Gasteiger charge is 2.30. The van der Waals surface area contributed by atoms with Gasteiger partial charge in [-0.2, -0.15) is 12.6 Å². The van der Waals surface area contributed by atoms with Crippen LogP contribution in [0.25, 0.3) is 0 Å². The minimum absolute atomic E-state index is 0.00136. The smallest absolute Gasteiger partial charge is 0.318 e. The van der Waals surface area contributed by atoms with Gasteiger partial charge in [-0.1, -0.05) is 18.2 Å². The lowest BCUT2D eigenvalue weighted by Gasteiger charge is -2.15. The second-order valence-electron chi connectivity index (χ2n) is 3.91. The molecule has 1 aromatic rings. The monoisotopic (exact) mass is 252 g/mol. The van der Waals surface area contributed by atoms with Crippen molar-refractivity contribution >= 4 is 18.7 Å². The van der Waals surface area contributed by atoms with Gasteiger partial charge in [0.2, 0.25) is 0 Å². The number of nitrogens with zero attached hydrogens (tertiary/aromatic N) is 1. The Kier molecular flexibility index (Phi) is 3.78. The number of methoxy groups -OCH3 is 1. The molecule has 5 heteroatoms. The van der Waals surface area contributed by atoms with Crippen LogP contribution >= 0.6 is 12.6 Å². The van der Waals surface area contributed by atoms with E-state index >= 15 is 0 Å². The molecule has 0 radical (unpaired) electrons. The quantitative estimate of drug-likeness (QED) is 0.801. The Morgan fingerprint density at radius 3 is 3.00 bits per heavy atom. The average molecular weight is 252 g/mol. The standard InChI is InChI=1S/C12H16N2O2S/c1-16-11-5-3-2-4-9(11)10-8-14(6-7-17)12(15)13-10/h2-5,10,17H,6-8H2,1H3,(H,13,15). The van der Waals surface area contributed by atoms with Gasteiger partial charge in [-0.05, 0) is 6.07 Å². The summed E-state index contributed by atoms with van der Waals surface area (Å²) in [6.07, 6.45) is 0. The lowest BCUT2D eigenvalue weighted by atomic mass is 10.1. The van der Waals surface area contributed by atoms with E-state index < -0.39 is 0 Å². The summed E-state index contributed by atoms with van der Waals surface area (Å²) >= 11 is 4.15. The molecule has 1 N–H and O–H groups in total. The Bertz CT molecular complexity index is 411. The number of amides is 2. The van der Waals surface area contributed by atoms with Gasteiger partial charge in [0.05, 0.1) is 13.2 Å². The first kappa shape index (κ1) is 12.1. The van der Waals surface area contributed by atoms with Gasteiger partial charge in [-0.15, -0.1) is 0 Å². The first-order chi connectivity index (χ1) is 8.26. The average Bonchev–Trinajstić information content (AvgIpc) is 2.71. The molecule has 4 nitrogen and oxygen atoms in total. The van der Waals surface area contributed by atoms with Gasteiger partial charge in [0, 0.05) is 24.4 Å². The first-order valence-electron chi connectivity index (χ1n) is 5.55. The van der Waals surface area contributed by atoms with E-state index in [9.17, 15) is 4.79 Å². The van der Waals surface area contributed by atoms with Crippen LogP contribution in [0.2, 0.25) is 0 Å². The molecule has 0 bridgehead atoms. The predicted molar refractivity (Wildman–Crippen MR) is 69.7 cm³/mol. The molecule has 0 aliphatic carbocycles. The molecule has 0 saturated carbocycles. The molecule has 1 aliphatic heterocycles. The van der Waals surface area contributed by atoms with E-state index in [4.69, 9.17) is 4.74 Å². The summed E-state index contributed by atoms with van der Waals surface area (Å²) in [5, 5.41) is 2.95. The third-order valence-electron chi connectivity index (χ3n) is 2.87. The van der Waals surface area contributed by atoms with Gasteiger partial charge in [-0.25, -0.2) is 4.79 Å². The van der Waals surface area contributed by atoms with E-state index in [-0.39, 0.29) is 12.1 Å². The number of ether oxygens (including phenoxy) is 1. The van der Waals surface area contributed by atoms with Crippen molar-refractivity contribution in [2.75, 3.05) is 26.0 Å². The topological polar surface area (TPSA) is 41.6 Å². The summed E-state index contributed by atoms with van der Waals surface area (Å²) in [6, 6.07) is 7.72. The molecule has 1 saturated heterocycles. The molecule has 1 atom stereocenters. The molecular weight excluding hydrogens is 236 g/mol. The number of carbonyl (C=O) groups is 1. The van der Waals surface area contributed by atoms with Gasteiger partial charge in [-0.3, -0.25) is 0 Å². The normalized spacial score (nSPS) is 19.3. The minimum Gasteiger partial charge on any atom is -0.496 e. The van der Waals surface area contributed by atoms with Crippen LogP contribution in [-0.2, 0) is 0 Å². The van der Waals surface area contributed by atoms with Crippen LogP contribution in [0.3, 0.4) is 0 Å². The summed E-state index contributed by atoms with van der Waals surface area (Å²) in [5.41, 5.74) is 1.02.